The van der Waals surface area contributed by atoms with Crippen LogP contribution in [0.25, 0.3) is 11.4 Å². The Hall–Kier alpha value is -2.42. The van der Waals surface area contributed by atoms with Gasteiger partial charge in [-0.1, -0.05) is 63.2 Å². The number of quaternary nitrogens is 1. The Bertz CT molecular complexity index is 864. The molecule has 2 aromatic rings. The zero-order valence-corrected chi connectivity index (χ0v) is 16.4. The van der Waals surface area contributed by atoms with Gasteiger partial charge in [0.1, 0.15) is 5.92 Å². The van der Waals surface area contributed by atoms with E-state index in [9.17, 15) is 19.9 Å². The highest BCUT2D eigenvalue weighted by molar-refractivity contribution is 5.96. The Balaban J connectivity index is 2.02. The molecule has 0 aliphatic carbocycles. The van der Waals surface area contributed by atoms with Gasteiger partial charge in [0, 0.05) is 11.5 Å². The van der Waals surface area contributed by atoms with Crippen LogP contribution in [-0.2, 0) is 9.59 Å². The van der Waals surface area contributed by atoms with Crippen molar-refractivity contribution in [1.29, 1.82) is 0 Å². The van der Waals surface area contributed by atoms with Crippen molar-refractivity contribution in [3.8, 4) is 11.4 Å². The third-order valence-electron chi connectivity index (χ3n) is 5.11. The summed E-state index contributed by atoms with van der Waals surface area (Å²) < 4.78 is 3.80. The summed E-state index contributed by atoms with van der Waals surface area (Å²) in [5.41, 5.74) is 0.710. The zero-order valence-electron chi connectivity index (χ0n) is 16.4. The van der Waals surface area contributed by atoms with Crippen molar-refractivity contribution in [1.82, 2.24) is 10.1 Å². The van der Waals surface area contributed by atoms with Crippen LogP contribution in [0.3, 0.4) is 0 Å². The highest BCUT2D eigenvalue weighted by Crippen LogP contribution is 2.42. The van der Waals surface area contributed by atoms with Crippen LogP contribution in [0.2, 0.25) is 0 Å². The number of carbonyl (C=O) groups is 2. The predicted molar refractivity (Wildman–Crippen MR) is 98.3 cm³/mol. The number of hydrogen-bond acceptors (Lipinski definition) is 7. The molecule has 1 unspecified atom stereocenters. The number of rotatable bonds is 6. The lowest BCUT2D eigenvalue weighted by atomic mass is 9.94. The van der Waals surface area contributed by atoms with Crippen LogP contribution in [0.5, 0.6) is 0 Å². The molecule has 2 N–H and O–H groups in total. The second-order valence-corrected chi connectivity index (χ2v) is 8.05. The second-order valence-electron chi connectivity index (χ2n) is 8.05. The fourth-order valence-corrected chi connectivity index (χ4v) is 3.82. The number of carbonyl (C=O) groups excluding carboxylic acids is 2. The number of aliphatic hydroxyl groups is 1. The highest BCUT2D eigenvalue weighted by Gasteiger charge is 2.67. The van der Waals surface area contributed by atoms with Gasteiger partial charge >= 0.3 is 11.8 Å². The number of hydrogen-bond donors (Lipinski definition) is 2. The van der Waals surface area contributed by atoms with Gasteiger partial charge in [0.25, 0.3) is 5.89 Å². The molecule has 4 atom stereocenters. The fourth-order valence-electron chi connectivity index (χ4n) is 3.82. The molecule has 8 nitrogen and oxygen atoms in total. The molecule has 1 aliphatic rings. The van der Waals surface area contributed by atoms with Crippen molar-refractivity contribution in [2.75, 3.05) is 0 Å². The Morgan fingerprint density at radius 3 is 2.32 bits per heavy atom. The lowest BCUT2D eigenvalue weighted by molar-refractivity contribution is -1.00. The summed E-state index contributed by atoms with van der Waals surface area (Å²) in [5, 5.41) is 25.5. The first-order valence-corrected chi connectivity index (χ1v) is 9.45. The summed E-state index contributed by atoms with van der Waals surface area (Å²) in [5.74, 6) is -2.67. The first-order chi connectivity index (χ1) is 13.2. The molecule has 0 spiro atoms. The standard InChI is InChI=1S/C20H26N3O5/c1-11(2)10-14-16(24)20(26)23(27,19(14)25)15(12(3)4)18-21-17(22-28-18)13-8-6-5-7-9-13/h5-9,11-12,14-16,24,27H,10H2,1-4H3/q+1/t14-,15+,16+,23?/m1/s1. The minimum Gasteiger partial charge on any atom is -0.378 e. The quantitative estimate of drug-likeness (QED) is 0.444. The molecule has 0 radical (unpaired) electrons. The fraction of sp³-hybridized carbons (Fsp3) is 0.500. The third-order valence-corrected chi connectivity index (χ3v) is 5.11. The molecule has 0 bridgehead atoms. The van der Waals surface area contributed by atoms with Crippen molar-refractivity contribution in [2.45, 2.75) is 46.3 Å². The molecule has 28 heavy (non-hydrogen) atoms. The van der Waals surface area contributed by atoms with Gasteiger partial charge in [-0.25, -0.2) is 14.8 Å². The Kier molecular flexibility index (Phi) is 5.47. The molecule has 1 aliphatic heterocycles. The van der Waals surface area contributed by atoms with Gasteiger partial charge in [-0.05, 0) is 17.0 Å². The molecule has 8 heteroatoms. The average Bonchev–Trinajstić information content (AvgIpc) is 3.18. The van der Waals surface area contributed by atoms with Gasteiger partial charge in [-0.15, -0.1) is 0 Å². The van der Waals surface area contributed by atoms with E-state index in [1.54, 1.807) is 26.0 Å². The normalized spacial score (nSPS) is 26.4. The minimum absolute atomic E-state index is 0.0181. The molecule has 2 amide bonds. The minimum atomic E-state index is -1.56. The number of imide groups is 1. The van der Waals surface area contributed by atoms with Crippen molar-refractivity contribution >= 4 is 11.8 Å². The smallest absolute Gasteiger partial charge is 0.378 e. The monoisotopic (exact) mass is 388 g/mol. The first kappa shape index (κ1) is 20.3. The van der Waals surface area contributed by atoms with E-state index in [0.717, 1.165) is 0 Å². The van der Waals surface area contributed by atoms with Crippen LogP contribution >= 0.6 is 0 Å². The van der Waals surface area contributed by atoms with E-state index < -0.39 is 34.5 Å². The largest absolute Gasteiger partial charge is 0.383 e. The van der Waals surface area contributed by atoms with Crippen molar-refractivity contribution in [3.05, 3.63) is 36.2 Å². The lowest BCUT2D eigenvalue weighted by Gasteiger charge is -2.29. The zero-order chi connectivity index (χ0) is 20.6. The summed E-state index contributed by atoms with van der Waals surface area (Å²) in [6.45, 7) is 7.27. The van der Waals surface area contributed by atoms with E-state index in [2.05, 4.69) is 10.1 Å². The number of nitrogens with zero attached hydrogens (tertiary/aromatic N) is 3. The van der Waals surface area contributed by atoms with Crippen molar-refractivity contribution in [2.24, 2.45) is 17.8 Å². The first-order valence-electron chi connectivity index (χ1n) is 9.45. The molecule has 150 valence electrons. The van der Waals surface area contributed by atoms with Crippen LogP contribution in [-0.4, -0.2) is 43.0 Å². The number of aromatic nitrogens is 2. The molecule has 1 fully saturated rings. The number of benzene rings is 1. The molecular formula is C20H26N3O5+. The van der Waals surface area contributed by atoms with Crippen LogP contribution in [0, 0.1) is 17.8 Å². The molecule has 3 rings (SSSR count). The van der Waals surface area contributed by atoms with Crippen molar-refractivity contribution in [3.63, 3.8) is 0 Å². The van der Waals surface area contributed by atoms with Gasteiger partial charge in [0.15, 0.2) is 6.10 Å². The SMILES string of the molecule is CC(C)C[C@H]1C(=O)[N+](O)([C@H](c2nc(-c3ccccc3)no2)C(C)C)C(=O)[C@H]1O. The van der Waals surface area contributed by atoms with E-state index in [0.29, 0.717) is 17.8 Å². The van der Waals surface area contributed by atoms with Gasteiger partial charge in [0.05, 0.1) is 0 Å². The number of aliphatic hydroxyl groups excluding tert-OH is 1. The maximum absolute atomic E-state index is 13.0. The van der Waals surface area contributed by atoms with Crippen LogP contribution in [0.1, 0.15) is 46.0 Å². The van der Waals surface area contributed by atoms with E-state index in [1.807, 2.05) is 32.0 Å². The van der Waals surface area contributed by atoms with Gasteiger partial charge in [0.2, 0.25) is 11.9 Å². The summed E-state index contributed by atoms with van der Waals surface area (Å²) in [6.07, 6.45) is -1.26. The molecule has 1 aromatic carbocycles. The highest BCUT2D eigenvalue weighted by atomic mass is 16.6. The maximum Gasteiger partial charge on any atom is 0.383 e. The Labute approximate surface area is 163 Å². The number of likely N-dealkylation sites (tertiary alicyclic amines) is 1. The second kappa shape index (κ2) is 7.54. The molecule has 2 heterocycles. The maximum atomic E-state index is 13.0. The Morgan fingerprint density at radius 1 is 1.11 bits per heavy atom. The molecule has 1 aromatic heterocycles. The van der Waals surface area contributed by atoms with Gasteiger partial charge in [-0.3, -0.25) is 0 Å². The van der Waals surface area contributed by atoms with E-state index in [-0.39, 0.29) is 17.7 Å². The Morgan fingerprint density at radius 2 is 1.75 bits per heavy atom. The third kappa shape index (κ3) is 3.28. The summed E-state index contributed by atoms with van der Waals surface area (Å²) in [6, 6.07) is 8.01. The number of hydroxylamine groups is 3. The van der Waals surface area contributed by atoms with E-state index in [4.69, 9.17) is 4.52 Å². The van der Waals surface area contributed by atoms with Crippen LogP contribution in [0.4, 0.5) is 0 Å². The summed E-state index contributed by atoms with van der Waals surface area (Å²) in [7, 11) is 0. The topological polar surface area (TPSA) is 114 Å². The van der Waals surface area contributed by atoms with Crippen LogP contribution in [0.15, 0.2) is 34.9 Å². The van der Waals surface area contributed by atoms with E-state index >= 15 is 0 Å². The summed E-state index contributed by atoms with van der Waals surface area (Å²) in [4.78, 5) is 30.2. The summed E-state index contributed by atoms with van der Waals surface area (Å²) >= 11 is 0. The predicted octanol–water partition coefficient (Wildman–Crippen LogP) is 2.73. The average molecular weight is 388 g/mol. The molecular weight excluding hydrogens is 362 g/mol. The van der Waals surface area contributed by atoms with Gasteiger partial charge in [-0.2, -0.15) is 4.98 Å². The molecule has 1 saturated heterocycles. The molecule has 0 saturated carbocycles. The number of amides is 2. The lowest BCUT2D eigenvalue weighted by Crippen LogP contribution is -2.55. The van der Waals surface area contributed by atoms with Crippen LogP contribution < -0.4 is 0 Å². The van der Waals surface area contributed by atoms with Gasteiger partial charge < -0.3 is 9.63 Å². The van der Waals surface area contributed by atoms with Crippen molar-refractivity contribution < 1.29 is 29.1 Å². The van der Waals surface area contributed by atoms with E-state index in [1.165, 1.54) is 0 Å².